The Morgan fingerprint density at radius 2 is 1.81 bits per heavy atom. The number of hydrogen-bond acceptors (Lipinski definition) is 4. The number of para-hydroxylation sites is 2. The van der Waals surface area contributed by atoms with Crippen LogP contribution < -0.4 is 10.2 Å². The van der Waals surface area contributed by atoms with E-state index in [1.807, 2.05) is 30.3 Å². The molecular weight excluding hydrogens is 332 g/mol. The molecule has 6 nitrogen and oxygen atoms in total. The normalized spacial score (nSPS) is 14.2. The first-order chi connectivity index (χ1) is 12.5. The average Bonchev–Trinajstić information content (AvgIpc) is 2.66. The molecular formula is C20H20N2O4. The van der Waals surface area contributed by atoms with Gasteiger partial charge in [0.1, 0.15) is 6.54 Å². The Balaban J connectivity index is 1.61. The molecule has 1 N–H and O–H groups in total. The van der Waals surface area contributed by atoms with Crippen molar-refractivity contribution in [1.82, 2.24) is 0 Å². The molecule has 134 valence electrons. The van der Waals surface area contributed by atoms with E-state index in [0.29, 0.717) is 17.8 Å². The van der Waals surface area contributed by atoms with Crippen LogP contribution in [0, 0.1) is 0 Å². The topological polar surface area (TPSA) is 75.7 Å². The van der Waals surface area contributed by atoms with Crippen LogP contribution in [0.15, 0.2) is 54.6 Å². The zero-order chi connectivity index (χ0) is 18.5. The van der Waals surface area contributed by atoms with Crippen LogP contribution in [-0.4, -0.2) is 30.4 Å². The molecule has 0 radical (unpaired) electrons. The molecule has 3 rings (SSSR count). The number of amides is 2. The fraction of sp³-hybridized carbons (Fsp3) is 0.250. The van der Waals surface area contributed by atoms with Gasteiger partial charge in [0, 0.05) is 6.42 Å². The van der Waals surface area contributed by atoms with E-state index in [-0.39, 0.29) is 18.9 Å². The van der Waals surface area contributed by atoms with Crippen molar-refractivity contribution in [3.63, 3.8) is 0 Å². The minimum absolute atomic E-state index is 0.0955. The lowest BCUT2D eigenvalue weighted by molar-refractivity contribution is -0.153. The van der Waals surface area contributed by atoms with Gasteiger partial charge in [-0.1, -0.05) is 42.5 Å². The maximum atomic E-state index is 12.7. The van der Waals surface area contributed by atoms with Gasteiger partial charge in [-0.25, -0.2) is 0 Å². The first-order valence-corrected chi connectivity index (χ1v) is 8.48. The number of rotatable bonds is 5. The Hall–Kier alpha value is -3.15. The van der Waals surface area contributed by atoms with E-state index in [1.54, 1.807) is 24.3 Å². The van der Waals surface area contributed by atoms with Gasteiger partial charge in [0.15, 0.2) is 6.10 Å². The maximum Gasteiger partial charge on any atom is 0.306 e. The number of carbonyl (C=O) groups excluding carboxylic acids is 3. The van der Waals surface area contributed by atoms with E-state index in [2.05, 4.69) is 5.32 Å². The van der Waals surface area contributed by atoms with Gasteiger partial charge < -0.3 is 10.1 Å². The van der Waals surface area contributed by atoms with Gasteiger partial charge in [-0.15, -0.1) is 0 Å². The van der Waals surface area contributed by atoms with Crippen LogP contribution >= 0.6 is 0 Å². The molecule has 0 spiro atoms. The third-order valence-electron chi connectivity index (χ3n) is 4.15. The highest BCUT2D eigenvalue weighted by Crippen LogP contribution is 2.29. The van der Waals surface area contributed by atoms with Gasteiger partial charge in [0.05, 0.1) is 11.4 Å². The minimum atomic E-state index is -0.961. The largest absolute Gasteiger partial charge is 0.453 e. The number of anilines is 2. The SMILES string of the molecule is CC(OC(=O)CCc1ccccc1)C(=O)N1CC(=O)Nc2ccccc21. The summed E-state index contributed by atoms with van der Waals surface area (Å²) in [5.74, 6) is -1.13. The highest BCUT2D eigenvalue weighted by molar-refractivity contribution is 6.11. The Morgan fingerprint density at radius 1 is 1.12 bits per heavy atom. The standard InChI is InChI=1S/C20H20N2O4/c1-14(26-19(24)12-11-15-7-3-2-4-8-15)20(25)22-13-18(23)21-16-9-5-6-10-17(16)22/h2-10,14H,11-13H2,1H3,(H,21,23). The van der Waals surface area contributed by atoms with Crippen molar-refractivity contribution in [3.05, 3.63) is 60.2 Å². The molecule has 0 bridgehead atoms. The Kier molecular flexibility index (Phi) is 5.31. The zero-order valence-electron chi connectivity index (χ0n) is 14.5. The predicted octanol–water partition coefficient (Wildman–Crippen LogP) is 2.54. The highest BCUT2D eigenvalue weighted by atomic mass is 16.5. The van der Waals surface area contributed by atoms with Crippen molar-refractivity contribution < 1.29 is 19.1 Å². The van der Waals surface area contributed by atoms with Crippen LogP contribution in [0.5, 0.6) is 0 Å². The Bertz CT molecular complexity index is 820. The second-order valence-corrected chi connectivity index (χ2v) is 6.11. The summed E-state index contributed by atoms with van der Waals surface area (Å²) in [6.07, 6.45) is -0.217. The van der Waals surface area contributed by atoms with Crippen molar-refractivity contribution in [2.75, 3.05) is 16.8 Å². The van der Waals surface area contributed by atoms with E-state index in [0.717, 1.165) is 5.56 Å². The van der Waals surface area contributed by atoms with Gasteiger partial charge in [0.25, 0.3) is 5.91 Å². The van der Waals surface area contributed by atoms with Gasteiger partial charge in [-0.3, -0.25) is 19.3 Å². The molecule has 6 heteroatoms. The lowest BCUT2D eigenvalue weighted by Gasteiger charge is -2.30. The van der Waals surface area contributed by atoms with Crippen molar-refractivity contribution in [2.24, 2.45) is 0 Å². The van der Waals surface area contributed by atoms with Crippen LogP contribution in [0.1, 0.15) is 18.9 Å². The molecule has 0 saturated heterocycles. The van der Waals surface area contributed by atoms with Crippen molar-refractivity contribution in [1.29, 1.82) is 0 Å². The number of nitrogens with one attached hydrogen (secondary N) is 1. The molecule has 1 heterocycles. The van der Waals surface area contributed by atoms with Gasteiger partial charge in [-0.05, 0) is 31.0 Å². The van der Waals surface area contributed by atoms with E-state index in [9.17, 15) is 14.4 Å². The first-order valence-electron chi connectivity index (χ1n) is 8.48. The summed E-state index contributed by atoms with van der Waals surface area (Å²) < 4.78 is 5.28. The van der Waals surface area contributed by atoms with Crippen LogP contribution in [0.3, 0.4) is 0 Å². The molecule has 0 aliphatic carbocycles. The fourth-order valence-electron chi connectivity index (χ4n) is 2.85. The van der Waals surface area contributed by atoms with E-state index >= 15 is 0 Å². The molecule has 0 saturated carbocycles. The fourth-order valence-corrected chi connectivity index (χ4v) is 2.85. The summed E-state index contributed by atoms with van der Waals surface area (Å²) in [4.78, 5) is 37.9. The number of aryl methyl sites for hydroxylation is 1. The third kappa shape index (κ3) is 4.08. The molecule has 0 aromatic heterocycles. The van der Waals surface area contributed by atoms with Crippen molar-refractivity contribution >= 4 is 29.2 Å². The predicted molar refractivity (Wildman–Crippen MR) is 97.7 cm³/mol. The monoisotopic (exact) mass is 352 g/mol. The molecule has 2 amide bonds. The number of nitrogens with zero attached hydrogens (tertiary/aromatic N) is 1. The highest BCUT2D eigenvalue weighted by Gasteiger charge is 2.31. The van der Waals surface area contributed by atoms with Crippen LogP contribution in [0.25, 0.3) is 0 Å². The number of hydrogen-bond donors (Lipinski definition) is 1. The number of fused-ring (bicyclic) bond motifs is 1. The van der Waals surface area contributed by atoms with E-state index < -0.39 is 18.0 Å². The summed E-state index contributed by atoms with van der Waals surface area (Å²) in [7, 11) is 0. The van der Waals surface area contributed by atoms with Crippen LogP contribution in [0.4, 0.5) is 11.4 Å². The van der Waals surface area contributed by atoms with Crippen LogP contribution in [-0.2, 0) is 25.5 Å². The zero-order valence-corrected chi connectivity index (χ0v) is 14.5. The van der Waals surface area contributed by atoms with Crippen molar-refractivity contribution in [2.45, 2.75) is 25.9 Å². The summed E-state index contributed by atoms with van der Waals surface area (Å²) in [6.45, 7) is 1.43. The number of carbonyl (C=O) groups is 3. The smallest absolute Gasteiger partial charge is 0.306 e. The molecule has 1 aliphatic rings. The van der Waals surface area contributed by atoms with E-state index in [1.165, 1.54) is 11.8 Å². The molecule has 0 fully saturated rings. The molecule has 1 aliphatic heterocycles. The Labute approximate surface area is 151 Å². The third-order valence-corrected chi connectivity index (χ3v) is 4.15. The molecule has 26 heavy (non-hydrogen) atoms. The lowest BCUT2D eigenvalue weighted by Crippen LogP contribution is -2.47. The molecule has 2 aromatic rings. The van der Waals surface area contributed by atoms with E-state index in [4.69, 9.17) is 4.74 Å². The first kappa shape index (κ1) is 17.7. The summed E-state index contributed by atoms with van der Waals surface area (Å²) in [6, 6.07) is 16.6. The van der Waals surface area contributed by atoms with Gasteiger partial charge in [-0.2, -0.15) is 0 Å². The molecule has 1 atom stereocenters. The molecule has 1 unspecified atom stereocenters. The second-order valence-electron chi connectivity index (χ2n) is 6.11. The van der Waals surface area contributed by atoms with Crippen LogP contribution in [0.2, 0.25) is 0 Å². The number of benzene rings is 2. The minimum Gasteiger partial charge on any atom is -0.453 e. The molecule has 2 aromatic carbocycles. The summed E-state index contributed by atoms with van der Waals surface area (Å²) in [5.41, 5.74) is 2.20. The average molecular weight is 352 g/mol. The quantitative estimate of drug-likeness (QED) is 0.839. The summed E-state index contributed by atoms with van der Waals surface area (Å²) in [5, 5.41) is 2.72. The number of ether oxygens (including phenoxy) is 1. The second kappa shape index (κ2) is 7.82. The maximum absolute atomic E-state index is 12.7. The Morgan fingerprint density at radius 3 is 2.58 bits per heavy atom. The van der Waals surface area contributed by atoms with Gasteiger partial charge >= 0.3 is 5.97 Å². The number of esters is 1. The summed E-state index contributed by atoms with van der Waals surface area (Å²) >= 11 is 0. The van der Waals surface area contributed by atoms with Crippen molar-refractivity contribution in [3.8, 4) is 0 Å². The lowest BCUT2D eigenvalue weighted by atomic mass is 10.1. The van der Waals surface area contributed by atoms with Gasteiger partial charge in [0.2, 0.25) is 5.91 Å².